The zero-order valence-corrected chi connectivity index (χ0v) is 11.5. The van der Waals surface area contributed by atoms with Crippen molar-refractivity contribution in [3.63, 3.8) is 0 Å². The summed E-state index contributed by atoms with van der Waals surface area (Å²) in [6.07, 6.45) is 0. The van der Waals surface area contributed by atoms with Gasteiger partial charge in [-0.25, -0.2) is 0 Å². The Morgan fingerprint density at radius 1 is 1.58 bits per heavy atom. The molecule has 3 N–H and O–H groups in total. The largest absolute Gasteiger partial charge is 0.496 e. The van der Waals surface area contributed by atoms with E-state index in [1.807, 2.05) is 0 Å². The number of ether oxygens (including phenoxy) is 1. The second-order valence-electron chi connectivity index (χ2n) is 3.76. The molecule has 0 aliphatic rings. The molecule has 1 aromatic carbocycles. The summed E-state index contributed by atoms with van der Waals surface area (Å²) in [6.45, 7) is 2.23. The van der Waals surface area contributed by atoms with Gasteiger partial charge in [0, 0.05) is 11.6 Å². The normalized spacial score (nSPS) is 11.2. The molecule has 0 heterocycles. The number of amidine groups is 1. The first-order valence-electron chi connectivity index (χ1n) is 5.62. The second-order valence-corrected chi connectivity index (χ2v) is 4.19. The Morgan fingerprint density at radius 2 is 2.26 bits per heavy atom. The minimum atomic E-state index is -0.298. The van der Waals surface area contributed by atoms with Gasteiger partial charge in [-0.3, -0.25) is 4.79 Å². The summed E-state index contributed by atoms with van der Waals surface area (Å²) < 4.78 is 5.13. The van der Waals surface area contributed by atoms with E-state index in [1.54, 1.807) is 19.1 Å². The molecule has 0 unspecified atom stereocenters. The van der Waals surface area contributed by atoms with Crippen molar-refractivity contribution in [1.29, 1.82) is 0 Å². The lowest BCUT2D eigenvalue weighted by molar-refractivity contribution is 0.0783. The number of halogens is 1. The number of oxime groups is 1. The highest BCUT2D eigenvalue weighted by molar-refractivity contribution is 6.31. The van der Waals surface area contributed by atoms with Crippen molar-refractivity contribution in [2.75, 3.05) is 20.2 Å². The third-order valence-corrected chi connectivity index (χ3v) is 2.78. The van der Waals surface area contributed by atoms with E-state index >= 15 is 0 Å². The first-order chi connectivity index (χ1) is 9.03. The van der Waals surface area contributed by atoms with Crippen LogP contribution in [0.2, 0.25) is 5.02 Å². The molecule has 0 aromatic heterocycles. The molecular formula is C12H16ClN3O3. The fraction of sp³-hybridized carbons (Fsp3) is 0.333. The van der Waals surface area contributed by atoms with Crippen molar-refractivity contribution in [1.82, 2.24) is 4.90 Å². The number of benzene rings is 1. The zero-order chi connectivity index (χ0) is 14.4. The van der Waals surface area contributed by atoms with E-state index < -0.39 is 0 Å². The zero-order valence-electron chi connectivity index (χ0n) is 10.8. The molecule has 6 nitrogen and oxygen atoms in total. The molecule has 0 atom stereocenters. The number of hydrogen-bond acceptors (Lipinski definition) is 4. The van der Waals surface area contributed by atoms with E-state index in [2.05, 4.69) is 5.16 Å². The van der Waals surface area contributed by atoms with Crippen molar-refractivity contribution in [3.8, 4) is 5.75 Å². The van der Waals surface area contributed by atoms with Crippen molar-refractivity contribution >= 4 is 23.3 Å². The highest BCUT2D eigenvalue weighted by Crippen LogP contribution is 2.24. The van der Waals surface area contributed by atoms with Crippen LogP contribution in [-0.2, 0) is 0 Å². The van der Waals surface area contributed by atoms with Crippen LogP contribution in [0, 0.1) is 0 Å². The van der Waals surface area contributed by atoms with E-state index in [0.717, 1.165) is 0 Å². The SMILES string of the molecule is CCN(CC(N)=NO)C(=O)c1cc(Cl)ccc1OC. The number of nitrogens with two attached hydrogens (primary N) is 1. The summed E-state index contributed by atoms with van der Waals surface area (Å²) in [5.74, 6) is 0.0806. The fourth-order valence-corrected chi connectivity index (χ4v) is 1.74. The third-order valence-electron chi connectivity index (χ3n) is 2.54. The van der Waals surface area contributed by atoms with Gasteiger partial charge < -0.3 is 20.6 Å². The molecule has 0 spiro atoms. The number of rotatable bonds is 5. The van der Waals surface area contributed by atoms with Gasteiger partial charge in [-0.15, -0.1) is 0 Å². The van der Waals surface area contributed by atoms with E-state index in [4.69, 9.17) is 27.3 Å². The van der Waals surface area contributed by atoms with Crippen LogP contribution >= 0.6 is 11.6 Å². The molecule has 1 rings (SSSR count). The predicted octanol–water partition coefficient (Wildman–Crippen LogP) is 1.56. The second kappa shape index (κ2) is 6.84. The highest BCUT2D eigenvalue weighted by atomic mass is 35.5. The first-order valence-corrected chi connectivity index (χ1v) is 6.00. The van der Waals surface area contributed by atoms with Gasteiger partial charge >= 0.3 is 0 Å². The molecule has 0 aliphatic heterocycles. The van der Waals surface area contributed by atoms with Crippen LogP contribution < -0.4 is 10.5 Å². The van der Waals surface area contributed by atoms with Crippen LogP contribution in [0.15, 0.2) is 23.4 Å². The first kappa shape index (κ1) is 15.1. The summed E-state index contributed by atoms with van der Waals surface area (Å²) >= 11 is 5.88. The van der Waals surface area contributed by atoms with Crippen LogP contribution in [0.3, 0.4) is 0 Å². The third kappa shape index (κ3) is 3.75. The summed E-state index contributed by atoms with van der Waals surface area (Å²) in [5, 5.41) is 11.8. The number of amides is 1. The molecule has 0 bridgehead atoms. The van der Waals surface area contributed by atoms with Gasteiger partial charge in [0.05, 0.1) is 19.2 Å². The Kier molecular flexibility index (Phi) is 5.44. The molecule has 0 radical (unpaired) electrons. The number of carbonyl (C=O) groups excluding carboxylic acids is 1. The molecular weight excluding hydrogens is 270 g/mol. The monoisotopic (exact) mass is 285 g/mol. The van der Waals surface area contributed by atoms with Gasteiger partial charge in [0.2, 0.25) is 0 Å². The van der Waals surface area contributed by atoms with Crippen LogP contribution in [0.4, 0.5) is 0 Å². The van der Waals surface area contributed by atoms with Crippen LogP contribution in [0.25, 0.3) is 0 Å². The quantitative estimate of drug-likeness (QED) is 0.372. The Morgan fingerprint density at radius 3 is 2.79 bits per heavy atom. The van der Waals surface area contributed by atoms with Crippen molar-refractivity contribution < 1.29 is 14.7 Å². The van der Waals surface area contributed by atoms with Gasteiger partial charge in [0.1, 0.15) is 5.75 Å². The van der Waals surface area contributed by atoms with Crippen molar-refractivity contribution in [2.45, 2.75) is 6.92 Å². The maximum Gasteiger partial charge on any atom is 0.258 e. The number of likely N-dealkylation sites (N-methyl/N-ethyl adjacent to an activating group) is 1. The lowest BCUT2D eigenvalue weighted by Crippen LogP contribution is -2.38. The van der Waals surface area contributed by atoms with Gasteiger partial charge in [-0.1, -0.05) is 16.8 Å². The molecule has 1 amide bonds. The molecule has 0 saturated carbocycles. The molecule has 1 aromatic rings. The predicted molar refractivity (Wildman–Crippen MR) is 73.0 cm³/mol. The molecule has 0 aliphatic carbocycles. The molecule has 0 fully saturated rings. The molecule has 104 valence electrons. The number of methoxy groups -OCH3 is 1. The summed E-state index contributed by atoms with van der Waals surface area (Å²) in [5.41, 5.74) is 5.75. The average Bonchev–Trinajstić information content (AvgIpc) is 2.43. The van der Waals surface area contributed by atoms with Crippen LogP contribution in [0.1, 0.15) is 17.3 Å². The van der Waals surface area contributed by atoms with Crippen molar-refractivity contribution in [2.24, 2.45) is 10.9 Å². The maximum absolute atomic E-state index is 12.4. The number of carbonyl (C=O) groups is 1. The molecule has 7 heteroatoms. The minimum absolute atomic E-state index is 0.0293. The Hall–Kier alpha value is -1.95. The maximum atomic E-state index is 12.4. The van der Waals surface area contributed by atoms with Crippen LogP contribution in [-0.4, -0.2) is 42.0 Å². The van der Waals surface area contributed by atoms with Crippen molar-refractivity contribution in [3.05, 3.63) is 28.8 Å². The van der Waals surface area contributed by atoms with Gasteiger partial charge in [-0.2, -0.15) is 0 Å². The smallest absolute Gasteiger partial charge is 0.258 e. The molecule has 0 saturated heterocycles. The van der Waals surface area contributed by atoms with E-state index in [9.17, 15) is 4.79 Å². The van der Waals surface area contributed by atoms with E-state index in [1.165, 1.54) is 18.1 Å². The Bertz CT molecular complexity index is 491. The van der Waals surface area contributed by atoms with Crippen LogP contribution in [0.5, 0.6) is 5.75 Å². The topological polar surface area (TPSA) is 88.1 Å². The average molecular weight is 286 g/mol. The standard InChI is InChI=1S/C12H16ClN3O3/c1-3-16(7-11(14)15-18)12(17)9-6-8(13)4-5-10(9)19-2/h4-6,18H,3,7H2,1-2H3,(H2,14,15). The Labute approximate surface area is 116 Å². The summed E-state index contributed by atoms with van der Waals surface area (Å²) in [4.78, 5) is 13.8. The number of nitrogens with zero attached hydrogens (tertiary/aromatic N) is 2. The fourth-order valence-electron chi connectivity index (χ4n) is 1.57. The van der Waals surface area contributed by atoms with E-state index in [-0.39, 0.29) is 18.3 Å². The highest BCUT2D eigenvalue weighted by Gasteiger charge is 2.19. The summed E-state index contributed by atoms with van der Waals surface area (Å²) in [7, 11) is 1.47. The minimum Gasteiger partial charge on any atom is -0.496 e. The van der Waals surface area contributed by atoms with Gasteiger partial charge in [0.15, 0.2) is 5.84 Å². The number of hydrogen-bond donors (Lipinski definition) is 2. The lowest BCUT2D eigenvalue weighted by atomic mass is 10.1. The lowest BCUT2D eigenvalue weighted by Gasteiger charge is -2.21. The molecule has 19 heavy (non-hydrogen) atoms. The van der Waals surface area contributed by atoms with Gasteiger partial charge in [0.25, 0.3) is 5.91 Å². The van der Waals surface area contributed by atoms with E-state index in [0.29, 0.717) is 22.9 Å². The Balaban J connectivity index is 3.06. The van der Waals surface area contributed by atoms with Gasteiger partial charge in [-0.05, 0) is 25.1 Å². The summed E-state index contributed by atoms with van der Waals surface area (Å²) in [6, 6.07) is 4.78.